The zero-order chi connectivity index (χ0) is 13.5. The van der Waals surface area contributed by atoms with Crippen LogP contribution in [-0.4, -0.2) is 17.8 Å². The highest BCUT2D eigenvalue weighted by Gasteiger charge is 2.07. The van der Waals surface area contributed by atoms with Crippen LogP contribution in [0.5, 0.6) is 0 Å². The molecular weight excluding hydrogens is 258 g/mol. The van der Waals surface area contributed by atoms with Crippen LogP contribution >= 0.6 is 11.6 Å². The number of aryl methyl sites for hydroxylation is 1. The lowest BCUT2D eigenvalue weighted by Gasteiger charge is -2.17. The third-order valence-electron chi connectivity index (χ3n) is 3.06. The zero-order valence-electron chi connectivity index (χ0n) is 10.7. The first-order valence-electron chi connectivity index (χ1n) is 6.45. The molecule has 0 aliphatic carbocycles. The Hall–Kier alpha value is -1.51. The van der Waals surface area contributed by atoms with E-state index in [2.05, 4.69) is 17.4 Å². The Morgan fingerprint density at radius 3 is 2.32 bits per heavy atom. The van der Waals surface area contributed by atoms with Gasteiger partial charge in [0.2, 0.25) is 0 Å². The average molecular weight is 276 g/mol. The third kappa shape index (κ3) is 4.58. The fourth-order valence-corrected chi connectivity index (χ4v) is 2.10. The summed E-state index contributed by atoms with van der Waals surface area (Å²) in [5.74, 6) is 0. The molecule has 0 aliphatic rings. The first kappa shape index (κ1) is 13.9. The van der Waals surface area contributed by atoms with E-state index in [1.54, 1.807) is 0 Å². The van der Waals surface area contributed by atoms with Gasteiger partial charge in [-0.25, -0.2) is 0 Å². The van der Waals surface area contributed by atoms with Crippen molar-refractivity contribution in [2.24, 2.45) is 0 Å². The number of hydrogen-bond donors (Lipinski definition) is 2. The molecule has 1 atom stereocenters. The quantitative estimate of drug-likeness (QED) is 0.842. The van der Waals surface area contributed by atoms with E-state index in [0.29, 0.717) is 0 Å². The number of anilines is 1. The van der Waals surface area contributed by atoms with Gasteiger partial charge >= 0.3 is 0 Å². The lowest BCUT2D eigenvalue weighted by molar-refractivity contribution is 0.269. The molecule has 0 saturated carbocycles. The first-order chi connectivity index (χ1) is 9.28. The van der Waals surface area contributed by atoms with Crippen molar-refractivity contribution < 1.29 is 5.11 Å². The lowest BCUT2D eigenvalue weighted by Crippen LogP contribution is -2.24. The molecule has 2 rings (SSSR count). The summed E-state index contributed by atoms with van der Waals surface area (Å²) in [6.45, 7) is 0.120. The largest absolute Gasteiger partial charge is 0.394 e. The number of halogens is 1. The molecule has 0 heterocycles. The SMILES string of the molecule is OCC(CCc1ccccc1)Nc1ccc(Cl)cc1. The van der Waals surface area contributed by atoms with Crippen molar-refractivity contribution in [1.29, 1.82) is 0 Å². The van der Waals surface area contributed by atoms with E-state index in [-0.39, 0.29) is 12.6 Å². The summed E-state index contributed by atoms with van der Waals surface area (Å²) in [7, 11) is 0. The molecule has 2 aromatic rings. The summed E-state index contributed by atoms with van der Waals surface area (Å²) in [6, 6.07) is 17.9. The van der Waals surface area contributed by atoms with Gasteiger partial charge in [0, 0.05) is 16.8 Å². The van der Waals surface area contributed by atoms with Gasteiger partial charge in [-0.1, -0.05) is 41.9 Å². The van der Waals surface area contributed by atoms with Crippen LogP contribution in [0.2, 0.25) is 5.02 Å². The second-order valence-corrected chi connectivity index (χ2v) is 4.99. The molecule has 0 fully saturated rings. The number of nitrogens with one attached hydrogen (secondary N) is 1. The van der Waals surface area contributed by atoms with Crippen molar-refractivity contribution >= 4 is 17.3 Å². The van der Waals surface area contributed by atoms with E-state index >= 15 is 0 Å². The smallest absolute Gasteiger partial charge is 0.0632 e. The normalized spacial score (nSPS) is 12.1. The van der Waals surface area contributed by atoms with Crippen LogP contribution in [0.15, 0.2) is 54.6 Å². The Bertz CT molecular complexity index is 484. The zero-order valence-corrected chi connectivity index (χ0v) is 11.5. The molecule has 0 amide bonds. The van der Waals surface area contributed by atoms with Crippen molar-refractivity contribution in [1.82, 2.24) is 0 Å². The van der Waals surface area contributed by atoms with Crippen molar-refractivity contribution in [3.8, 4) is 0 Å². The summed E-state index contributed by atoms with van der Waals surface area (Å²) in [5, 5.41) is 13.5. The predicted molar refractivity (Wildman–Crippen MR) is 80.7 cm³/mol. The molecule has 1 unspecified atom stereocenters. The third-order valence-corrected chi connectivity index (χ3v) is 3.31. The van der Waals surface area contributed by atoms with Crippen LogP contribution in [0.4, 0.5) is 5.69 Å². The Kier molecular flexibility index (Phi) is 5.25. The molecule has 19 heavy (non-hydrogen) atoms. The minimum absolute atomic E-state index is 0.0568. The lowest BCUT2D eigenvalue weighted by atomic mass is 10.1. The van der Waals surface area contributed by atoms with Gasteiger partial charge in [-0.2, -0.15) is 0 Å². The molecule has 0 saturated heterocycles. The van der Waals surface area contributed by atoms with Gasteiger partial charge in [0.25, 0.3) is 0 Å². The van der Waals surface area contributed by atoms with Gasteiger partial charge in [-0.05, 0) is 42.7 Å². The molecule has 0 bridgehead atoms. The van der Waals surface area contributed by atoms with Crippen molar-refractivity contribution in [3.05, 3.63) is 65.2 Å². The maximum atomic E-state index is 9.43. The van der Waals surface area contributed by atoms with E-state index in [1.807, 2.05) is 42.5 Å². The molecule has 100 valence electrons. The molecule has 2 aromatic carbocycles. The van der Waals surface area contributed by atoms with E-state index < -0.39 is 0 Å². The molecule has 3 heteroatoms. The maximum Gasteiger partial charge on any atom is 0.0632 e. The van der Waals surface area contributed by atoms with Gasteiger partial charge in [-0.3, -0.25) is 0 Å². The minimum Gasteiger partial charge on any atom is -0.394 e. The number of hydrogen-bond acceptors (Lipinski definition) is 2. The topological polar surface area (TPSA) is 32.3 Å². The highest BCUT2D eigenvalue weighted by Crippen LogP contribution is 2.15. The summed E-state index contributed by atoms with van der Waals surface area (Å²) < 4.78 is 0. The van der Waals surface area contributed by atoms with Crippen molar-refractivity contribution in [2.75, 3.05) is 11.9 Å². The van der Waals surface area contributed by atoms with Gasteiger partial charge < -0.3 is 10.4 Å². The maximum absolute atomic E-state index is 9.43. The Morgan fingerprint density at radius 1 is 1.00 bits per heavy atom. The van der Waals surface area contributed by atoms with Crippen LogP contribution in [0.1, 0.15) is 12.0 Å². The summed E-state index contributed by atoms with van der Waals surface area (Å²) in [5.41, 5.74) is 2.27. The van der Waals surface area contributed by atoms with Gasteiger partial charge in [0.15, 0.2) is 0 Å². The molecule has 2 N–H and O–H groups in total. The summed E-state index contributed by atoms with van der Waals surface area (Å²) >= 11 is 5.85. The van der Waals surface area contributed by atoms with E-state index in [1.165, 1.54) is 5.56 Å². The molecule has 0 radical (unpaired) electrons. The monoisotopic (exact) mass is 275 g/mol. The van der Waals surface area contributed by atoms with Crippen LogP contribution < -0.4 is 5.32 Å². The first-order valence-corrected chi connectivity index (χ1v) is 6.82. The van der Waals surface area contributed by atoms with E-state index in [0.717, 1.165) is 23.6 Å². The van der Waals surface area contributed by atoms with Crippen LogP contribution in [0.25, 0.3) is 0 Å². The fraction of sp³-hybridized carbons (Fsp3) is 0.250. The van der Waals surface area contributed by atoms with Crippen LogP contribution in [0, 0.1) is 0 Å². The Balaban J connectivity index is 1.88. The van der Waals surface area contributed by atoms with Crippen LogP contribution in [-0.2, 0) is 6.42 Å². The summed E-state index contributed by atoms with van der Waals surface area (Å²) in [4.78, 5) is 0. The van der Waals surface area contributed by atoms with Crippen molar-refractivity contribution in [2.45, 2.75) is 18.9 Å². The highest BCUT2D eigenvalue weighted by molar-refractivity contribution is 6.30. The second-order valence-electron chi connectivity index (χ2n) is 4.56. The average Bonchev–Trinajstić information content (AvgIpc) is 2.46. The second kappa shape index (κ2) is 7.17. The van der Waals surface area contributed by atoms with Gasteiger partial charge in [-0.15, -0.1) is 0 Å². The predicted octanol–water partition coefficient (Wildman–Crippen LogP) is 3.75. The number of aliphatic hydroxyl groups is 1. The molecule has 0 aromatic heterocycles. The Morgan fingerprint density at radius 2 is 1.68 bits per heavy atom. The number of benzene rings is 2. The summed E-state index contributed by atoms with van der Waals surface area (Å²) in [6.07, 6.45) is 1.84. The van der Waals surface area contributed by atoms with E-state index in [9.17, 15) is 5.11 Å². The highest BCUT2D eigenvalue weighted by atomic mass is 35.5. The standard InChI is InChI=1S/C16H18ClNO/c17-14-7-10-15(11-8-14)18-16(12-19)9-6-13-4-2-1-3-5-13/h1-5,7-8,10-11,16,18-19H,6,9,12H2. The minimum atomic E-state index is 0.0568. The van der Waals surface area contributed by atoms with Crippen molar-refractivity contribution in [3.63, 3.8) is 0 Å². The molecular formula is C16H18ClNO. The number of rotatable bonds is 6. The van der Waals surface area contributed by atoms with E-state index in [4.69, 9.17) is 11.6 Å². The molecule has 0 spiro atoms. The molecule has 2 nitrogen and oxygen atoms in total. The molecule has 0 aliphatic heterocycles. The fourth-order valence-electron chi connectivity index (χ4n) is 1.98. The number of aliphatic hydroxyl groups excluding tert-OH is 1. The van der Waals surface area contributed by atoms with Crippen LogP contribution in [0.3, 0.4) is 0 Å². The van der Waals surface area contributed by atoms with Gasteiger partial charge in [0.05, 0.1) is 6.61 Å². The Labute approximate surface area is 119 Å². The van der Waals surface area contributed by atoms with Gasteiger partial charge in [0.1, 0.15) is 0 Å².